The van der Waals surface area contributed by atoms with Crippen molar-refractivity contribution in [3.63, 3.8) is 0 Å². The van der Waals surface area contributed by atoms with Crippen LogP contribution in [0.3, 0.4) is 0 Å². The summed E-state index contributed by atoms with van der Waals surface area (Å²) in [5, 5.41) is 2.69. The lowest BCUT2D eigenvalue weighted by molar-refractivity contribution is -0.142. The third-order valence-corrected chi connectivity index (χ3v) is 2.36. The molecule has 0 bridgehead atoms. The Morgan fingerprint density at radius 1 is 1.40 bits per heavy atom. The van der Waals surface area contributed by atoms with Gasteiger partial charge >= 0.3 is 5.97 Å². The van der Waals surface area contributed by atoms with Gasteiger partial charge in [0.05, 0.1) is 13.2 Å². The molecule has 0 fully saturated rings. The number of hydrogen-bond acceptors (Lipinski definition) is 5. The van der Waals surface area contributed by atoms with Crippen molar-refractivity contribution >= 4 is 24.3 Å². The molecule has 20 heavy (non-hydrogen) atoms. The van der Waals surface area contributed by atoms with Crippen molar-refractivity contribution in [2.45, 2.75) is 19.5 Å². The summed E-state index contributed by atoms with van der Waals surface area (Å²) in [5.74, 6) is -0.130. The lowest BCUT2D eigenvalue weighted by atomic mass is 10.2. The predicted molar refractivity (Wildman–Crippen MR) is 76.7 cm³/mol. The lowest BCUT2D eigenvalue weighted by Gasteiger charge is -2.09. The zero-order chi connectivity index (χ0) is 14.3. The summed E-state index contributed by atoms with van der Waals surface area (Å²) in [5.41, 5.74) is 6.30. The number of hydrogen-bond donors (Lipinski definition) is 2. The number of nitrogens with one attached hydrogen (secondary N) is 1. The normalized spacial score (nSPS) is 10.9. The number of ether oxygens (including phenoxy) is 2. The van der Waals surface area contributed by atoms with Crippen LogP contribution in [-0.4, -0.2) is 31.6 Å². The van der Waals surface area contributed by atoms with Gasteiger partial charge < -0.3 is 20.5 Å². The van der Waals surface area contributed by atoms with Crippen LogP contribution >= 0.6 is 12.4 Å². The van der Waals surface area contributed by atoms with E-state index in [0.29, 0.717) is 12.3 Å². The summed E-state index contributed by atoms with van der Waals surface area (Å²) in [6, 6.07) is 6.54. The fraction of sp³-hybridized carbons (Fsp3) is 0.385. The fourth-order valence-electron chi connectivity index (χ4n) is 1.30. The number of benzene rings is 1. The van der Waals surface area contributed by atoms with E-state index in [2.05, 4.69) is 10.1 Å². The number of carbonyl (C=O) groups excluding carboxylic acids is 2. The first-order valence-electron chi connectivity index (χ1n) is 5.84. The zero-order valence-electron chi connectivity index (χ0n) is 11.4. The highest BCUT2D eigenvalue weighted by atomic mass is 35.5. The van der Waals surface area contributed by atoms with Crippen LogP contribution in [0.5, 0.6) is 5.75 Å². The van der Waals surface area contributed by atoms with Crippen LogP contribution in [0.15, 0.2) is 24.3 Å². The molecule has 0 unspecified atom stereocenters. The molecule has 6 nitrogen and oxygen atoms in total. The molecule has 0 saturated carbocycles. The molecular formula is C13H19ClN2O4. The van der Waals surface area contributed by atoms with Gasteiger partial charge in [0.25, 0.3) is 0 Å². The molecule has 1 aromatic rings. The number of esters is 1. The number of carbonyl (C=O) groups is 2. The van der Waals surface area contributed by atoms with E-state index in [-0.39, 0.29) is 24.9 Å². The SMILES string of the molecule is COC(=O)COc1cccc(CNC(=O)[C@@H](C)N)c1.Cl. The van der Waals surface area contributed by atoms with Gasteiger partial charge in [0, 0.05) is 6.54 Å². The van der Waals surface area contributed by atoms with Crippen molar-refractivity contribution in [2.75, 3.05) is 13.7 Å². The lowest BCUT2D eigenvalue weighted by Crippen LogP contribution is -2.37. The topological polar surface area (TPSA) is 90.6 Å². The summed E-state index contributed by atoms with van der Waals surface area (Å²) in [6.07, 6.45) is 0. The Bertz CT molecular complexity index is 452. The second-order valence-electron chi connectivity index (χ2n) is 4.02. The van der Waals surface area contributed by atoms with Crippen molar-refractivity contribution in [3.05, 3.63) is 29.8 Å². The molecule has 7 heteroatoms. The van der Waals surface area contributed by atoms with E-state index in [0.717, 1.165) is 5.56 Å². The minimum Gasteiger partial charge on any atom is -0.482 e. The zero-order valence-corrected chi connectivity index (χ0v) is 12.2. The summed E-state index contributed by atoms with van der Waals surface area (Å²) < 4.78 is 9.71. The van der Waals surface area contributed by atoms with Gasteiger partial charge in [-0.05, 0) is 24.6 Å². The Balaban J connectivity index is 0.00000361. The van der Waals surface area contributed by atoms with Gasteiger partial charge in [0.1, 0.15) is 5.75 Å². The molecule has 0 aromatic heterocycles. The predicted octanol–water partition coefficient (Wildman–Crippen LogP) is 0.624. The van der Waals surface area contributed by atoms with Crippen molar-refractivity contribution in [1.82, 2.24) is 5.32 Å². The molecule has 0 saturated heterocycles. The van der Waals surface area contributed by atoms with Gasteiger partial charge in [-0.15, -0.1) is 12.4 Å². The highest BCUT2D eigenvalue weighted by molar-refractivity contribution is 5.85. The summed E-state index contributed by atoms with van der Waals surface area (Å²) in [6.45, 7) is 1.83. The third-order valence-electron chi connectivity index (χ3n) is 2.36. The quantitative estimate of drug-likeness (QED) is 0.752. The number of amides is 1. The summed E-state index contributed by atoms with van der Waals surface area (Å²) in [7, 11) is 1.30. The average Bonchev–Trinajstić information content (AvgIpc) is 2.42. The molecule has 1 atom stereocenters. The Kier molecular flexibility index (Phi) is 8.35. The maximum absolute atomic E-state index is 11.3. The van der Waals surface area contributed by atoms with Crippen molar-refractivity contribution in [1.29, 1.82) is 0 Å². The van der Waals surface area contributed by atoms with E-state index in [1.165, 1.54) is 7.11 Å². The standard InChI is InChI=1S/C13H18N2O4.ClH/c1-9(14)13(17)15-7-10-4-3-5-11(6-10)19-8-12(16)18-2;/h3-6,9H,7-8,14H2,1-2H3,(H,15,17);1H/t9-;/m1./s1. The molecule has 0 spiro atoms. The van der Waals surface area contributed by atoms with E-state index in [1.807, 2.05) is 6.07 Å². The van der Waals surface area contributed by atoms with E-state index in [1.54, 1.807) is 25.1 Å². The monoisotopic (exact) mass is 302 g/mol. The molecular weight excluding hydrogens is 284 g/mol. The van der Waals surface area contributed by atoms with Crippen molar-refractivity contribution < 1.29 is 19.1 Å². The Morgan fingerprint density at radius 2 is 2.10 bits per heavy atom. The smallest absolute Gasteiger partial charge is 0.343 e. The van der Waals surface area contributed by atoms with Crippen LogP contribution in [-0.2, 0) is 20.9 Å². The maximum Gasteiger partial charge on any atom is 0.343 e. The first-order valence-corrected chi connectivity index (χ1v) is 5.84. The molecule has 0 radical (unpaired) electrons. The molecule has 0 aliphatic carbocycles. The van der Waals surface area contributed by atoms with Crippen LogP contribution < -0.4 is 15.8 Å². The first-order chi connectivity index (χ1) is 9.02. The highest BCUT2D eigenvalue weighted by Gasteiger charge is 2.07. The Morgan fingerprint density at radius 3 is 2.70 bits per heavy atom. The maximum atomic E-state index is 11.3. The highest BCUT2D eigenvalue weighted by Crippen LogP contribution is 2.13. The van der Waals surface area contributed by atoms with Crippen LogP contribution in [0.2, 0.25) is 0 Å². The molecule has 1 rings (SSSR count). The van der Waals surface area contributed by atoms with E-state index in [9.17, 15) is 9.59 Å². The summed E-state index contributed by atoms with van der Waals surface area (Å²) >= 11 is 0. The Labute approximate surface area is 124 Å². The molecule has 0 aliphatic rings. The molecule has 1 amide bonds. The van der Waals surface area contributed by atoms with Crippen molar-refractivity contribution in [2.24, 2.45) is 5.73 Å². The Hall–Kier alpha value is -1.79. The van der Waals surface area contributed by atoms with Gasteiger partial charge in [-0.1, -0.05) is 12.1 Å². The van der Waals surface area contributed by atoms with Crippen LogP contribution in [0.1, 0.15) is 12.5 Å². The number of nitrogens with two attached hydrogens (primary N) is 1. The number of halogens is 1. The van der Waals surface area contributed by atoms with E-state index in [4.69, 9.17) is 10.5 Å². The minimum atomic E-state index is -0.543. The minimum absolute atomic E-state index is 0. The second kappa shape index (κ2) is 9.17. The van der Waals surface area contributed by atoms with E-state index < -0.39 is 12.0 Å². The van der Waals surface area contributed by atoms with Gasteiger partial charge in [-0.25, -0.2) is 4.79 Å². The van der Waals surface area contributed by atoms with Crippen molar-refractivity contribution in [3.8, 4) is 5.75 Å². The second-order valence-corrected chi connectivity index (χ2v) is 4.02. The fourth-order valence-corrected chi connectivity index (χ4v) is 1.30. The summed E-state index contributed by atoms with van der Waals surface area (Å²) in [4.78, 5) is 22.3. The van der Waals surface area contributed by atoms with Gasteiger partial charge in [-0.2, -0.15) is 0 Å². The van der Waals surface area contributed by atoms with E-state index >= 15 is 0 Å². The third kappa shape index (κ3) is 6.40. The molecule has 112 valence electrons. The molecule has 3 N–H and O–H groups in total. The molecule has 0 heterocycles. The average molecular weight is 303 g/mol. The number of rotatable bonds is 6. The first kappa shape index (κ1) is 18.2. The largest absolute Gasteiger partial charge is 0.482 e. The van der Waals surface area contributed by atoms with Crippen LogP contribution in [0.25, 0.3) is 0 Å². The van der Waals surface area contributed by atoms with Crippen LogP contribution in [0, 0.1) is 0 Å². The molecule has 1 aromatic carbocycles. The van der Waals surface area contributed by atoms with Gasteiger partial charge in [0.15, 0.2) is 6.61 Å². The van der Waals surface area contributed by atoms with Crippen LogP contribution in [0.4, 0.5) is 0 Å². The van der Waals surface area contributed by atoms with Gasteiger partial charge in [0.2, 0.25) is 5.91 Å². The van der Waals surface area contributed by atoms with Gasteiger partial charge in [-0.3, -0.25) is 4.79 Å². The molecule has 0 aliphatic heterocycles. The number of methoxy groups -OCH3 is 1.